The largest absolute Gasteiger partial charge is 0.494 e. The standard InChI is InChI=1S/C37H44N6O5/c1-37(2,3)48-36(45)41-14-12-25(13-15-41)28-9-7-8-26-17-30(42(32(26)28)21-23-10-11-23)34-39-29-16-27(35(44)47-6)18-31(46-5)33(29)43(34)22-24-19-38-40(4)20-24/h7-9,16-20,23,25H,10-15,21-22H2,1-6H3. The van der Waals surface area contributed by atoms with Crippen molar-refractivity contribution >= 4 is 34.0 Å². The number of carbonyl (C=O) groups is 2. The number of hydrogen-bond donors (Lipinski definition) is 0. The van der Waals surface area contributed by atoms with Gasteiger partial charge in [0.15, 0.2) is 5.82 Å². The molecule has 4 heterocycles. The first-order valence-corrected chi connectivity index (χ1v) is 16.8. The van der Waals surface area contributed by atoms with Crippen LogP contribution >= 0.6 is 0 Å². The number of hydrogen-bond acceptors (Lipinski definition) is 7. The summed E-state index contributed by atoms with van der Waals surface area (Å²) in [6, 6.07) is 12.4. The zero-order valence-corrected chi connectivity index (χ0v) is 28.7. The molecule has 1 saturated carbocycles. The van der Waals surface area contributed by atoms with E-state index in [2.05, 4.69) is 38.5 Å². The van der Waals surface area contributed by atoms with Gasteiger partial charge < -0.3 is 28.2 Å². The highest BCUT2D eigenvalue weighted by Crippen LogP contribution is 2.42. The lowest BCUT2D eigenvalue weighted by atomic mass is 9.88. The number of aryl methyl sites for hydroxylation is 1. The number of fused-ring (bicyclic) bond motifs is 2. The molecule has 1 aliphatic heterocycles. The molecule has 48 heavy (non-hydrogen) atoms. The Bertz CT molecular complexity index is 2000. The molecule has 2 aromatic carbocycles. The first-order valence-electron chi connectivity index (χ1n) is 16.8. The lowest BCUT2D eigenvalue weighted by Crippen LogP contribution is -2.41. The number of benzene rings is 2. The van der Waals surface area contributed by atoms with Gasteiger partial charge in [0.2, 0.25) is 0 Å². The van der Waals surface area contributed by atoms with Gasteiger partial charge in [-0.15, -0.1) is 0 Å². The molecule has 0 radical (unpaired) electrons. The fourth-order valence-electron chi connectivity index (χ4n) is 7.02. The van der Waals surface area contributed by atoms with E-state index in [0.717, 1.165) is 42.0 Å². The molecule has 11 nitrogen and oxygen atoms in total. The Morgan fingerprint density at radius 1 is 0.979 bits per heavy atom. The van der Waals surface area contributed by atoms with Crippen molar-refractivity contribution in [3.05, 3.63) is 65.5 Å². The maximum atomic E-state index is 12.8. The number of rotatable bonds is 8. The molecular formula is C37H44N6O5. The molecule has 3 aromatic heterocycles. The Labute approximate surface area is 280 Å². The Balaban J connectivity index is 1.35. The highest BCUT2D eigenvalue weighted by atomic mass is 16.6. The predicted molar refractivity (Wildman–Crippen MR) is 183 cm³/mol. The highest BCUT2D eigenvalue weighted by molar-refractivity contribution is 5.98. The summed E-state index contributed by atoms with van der Waals surface area (Å²) in [6.45, 7) is 8.46. The van der Waals surface area contributed by atoms with E-state index in [4.69, 9.17) is 19.2 Å². The minimum atomic E-state index is -0.516. The van der Waals surface area contributed by atoms with Crippen molar-refractivity contribution in [2.24, 2.45) is 13.0 Å². The number of imidazole rings is 1. The van der Waals surface area contributed by atoms with E-state index in [9.17, 15) is 9.59 Å². The van der Waals surface area contributed by atoms with E-state index >= 15 is 0 Å². The van der Waals surface area contributed by atoms with Gasteiger partial charge in [0, 0.05) is 43.8 Å². The minimum absolute atomic E-state index is 0.239. The second-order valence-electron chi connectivity index (χ2n) is 14.2. The van der Waals surface area contributed by atoms with Gasteiger partial charge in [0.25, 0.3) is 0 Å². The van der Waals surface area contributed by atoms with Crippen LogP contribution in [0.4, 0.5) is 4.79 Å². The number of amides is 1. The lowest BCUT2D eigenvalue weighted by Gasteiger charge is -2.34. The summed E-state index contributed by atoms with van der Waals surface area (Å²) in [5.41, 5.74) is 5.93. The number of methoxy groups -OCH3 is 2. The number of piperidine rings is 1. The molecule has 1 saturated heterocycles. The van der Waals surface area contributed by atoms with E-state index in [0.29, 0.717) is 48.3 Å². The van der Waals surface area contributed by atoms with Crippen molar-refractivity contribution < 1.29 is 23.8 Å². The van der Waals surface area contributed by atoms with Crippen LogP contribution in [0.1, 0.15) is 73.9 Å². The number of likely N-dealkylation sites (tertiary alicyclic amines) is 1. The number of esters is 1. The van der Waals surface area contributed by atoms with Crippen LogP contribution in [-0.4, -0.2) is 73.8 Å². The molecule has 2 fully saturated rings. The lowest BCUT2D eigenvalue weighted by molar-refractivity contribution is 0.0205. The molecule has 1 aliphatic carbocycles. The number of para-hydroxylation sites is 1. The topological polar surface area (TPSA) is 106 Å². The van der Waals surface area contributed by atoms with E-state index in [-0.39, 0.29) is 6.09 Å². The molecule has 1 amide bonds. The van der Waals surface area contributed by atoms with Crippen LogP contribution in [0.15, 0.2) is 48.8 Å². The molecule has 2 aliphatic rings. The third-order valence-corrected chi connectivity index (χ3v) is 9.45. The van der Waals surface area contributed by atoms with Gasteiger partial charge in [0.1, 0.15) is 16.9 Å². The summed E-state index contributed by atoms with van der Waals surface area (Å²) in [7, 11) is 4.90. The molecule has 11 heteroatoms. The average molecular weight is 653 g/mol. The van der Waals surface area contributed by atoms with Crippen molar-refractivity contribution in [2.75, 3.05) is 27.3 Å². The number of carbonyl (C=O) groups excluding carboxylic acids is 2. The molecular weight excluding hydrogens is 608 g/mol. The molecule has 7 rings (SSSR count). The zero-order chi connectivity index (χ0) is 33.7. The maximum absolute atomic E-state index is 12.8. The fraction of sp³-hybridized carbons (Fsp3) is 0.459. The Morgan fingerprint density at radius 3 is 2.40 bits per heavy atom. The number of ether oxygens (including phenoxy) is 3. The molecule has 0 N–H and O–H groups in total. The van der Waals surface area contributed by atoms with Crippen molar-refractivity contribution in [1.29, 1.82) is 0 Å². The molecule has 5 aromatic rings. The van der Waals surface area contributed by atoms with Gasteiger partial charge in [-0.2, -0.15) is 5.10 Å². The Kier molecular flexibility index (Phi) is 8.17. The van der Waals surface area contributed by atoms with Gasteiger partial charge in [0.05, 0.1) is 49.3 Å². The first-order chi connectivity index (χ1) is 23.0. The SMILES string of the molecule is COC(=O)c1cc(OC)c2c(c1)nc(-c1cc3cccc(C4CCN(C(=O)OC(C)(C)C)CC4)c3n1CC1CC1)n2Cc1cnn(C)c1. The van der Waals surface area contributed by atoms with Gasteiger partial charge in [-0.3, -0.25) is 4.68 Å². The molecule has 0 bridgehead atoms. The molecule has 0 spiro atoms. The van der Waals surface area contributed by atoms with E-state index in [1.165, 1.54) is 36.4 Å². The maximum Gasteiger partial charge on any atom is 0.410 e. The Hall–Kier alpha value is -4.80. The Morgan fingerprint density at radius 2 is 1.75 bits per heavy atom. The second kappa shape index (κ2) is 12.3. The van der Waals surface area contributed by atoms with Crippen LogP contribution < -0.4 is 4.74 Å². The molecule has 0 atom stereocenters. The first kappa shape index (κ1) is 31.8. The van der Waals surface area contributed by atoms with Crippen LogP contribution in [0.5, 0.6) is 5.75 Å². The summed E-state index contributed by atoms with van der Waals surface area (Å²) >= 11 is 0. The van der Waals surface area contributed by atoms with Gasteiger partial charge in [-0.25, -0.2) is 14.6 Å². The van der Waals surface area contributed by atoms with E-state index in [1.807, 2.05) is 45.1 Å². The van der Waals surface area contributed by atoms with Crippen LogP contribution in [0.2, 0.25) is 0 Å². The van der Waals surface area contributed by atoms with E-state index in [1.54, 1.807) is 23.9 Å². The van der Waals surface area contributed by atoms with Gasteiger partial charge >= 0.3 is 12.1 Å². The van der Waals surface area contributed by atoms with Crippen LogP contribution in [-0.2, 0) is 29.6 Å². The average Bonchev–Trinajstić information content (AvgIpc) is 3.51. The second-order valence-corrected chi connectivity index (χ2v) is 14.2. The van der Waals surface area contributed by atoms with E-state index < -0.39 is 11.6 Å². The monoisotopic (exact) mass is 652 g/mol. The zero-order valence-electron chi connectivity index (χ0n) is 28.7. The summed E-state index contributed by atoms with van der Waals surface area (Å²) in [6.07, 6.45) is 7.79. The summed E-state index contributed by atoms with van der Waals surface area (Å²) in [5.74, 6) is 1.83. The van der Waals surface area contributed by atoms with Crippen molar-refractivity contribution in [3.63, 3.8) is 0 Å². The van der Waals surface area contributed by atoms with Gasteiger partial charge in [-0.05, 0) is 82.1 Å². The van der Waals surface area contributed by atoms with Crippen molar-refractivity contribution in [1.82, 2.24) is 28.8 Å². The predicted octanol–water partition coefficient (Wildman–Crippen LogP) is 6.76. The fourth-order valence-corrected chi connectivity index (χ4v) is 7.02. The number of nitrogens with zero attached hydrogens (tertiary/aromatic N) is 6. The third kappa shape index (κ3) is 6.13. The smallest absolute Gasteiger partial charge is 0.410 e. The quantitative estimate of drug-likeness (QED) is 0.171. The summed E-state index contributed by atoms with van der Waals surface area (Å²) in [5, 5.41) is 5.59. The van der Waals surface area contributed by atoms with Crippen molar-refractivity contribution in [2.45, 2.75) is 71.1 Å². The van der Waals surface area contributed by atoms with Gasteiger partial charge in [-0.1, -0.05) is 18.2 Å². The summed E-state index contributed by atoms with van der Waals surface area (Å²) < 4.78 is 23.0. The number of aromatic nitrogens is 5. The van der Waals surface area contributed by atoms with Crippen LogP contribution in [0.3, 0.4) is 0 Å². The third-order valence-electron chi connectivity index (χ3n) is 9.45. The molecule has 252 valence electrons. The van der Waals surface area contributed by atoms with Crippen LogP contribution in [0, 0.1) is 5.92 Å². The minimum Gasteiger partial charge on any atom is -0.494 e. The molecule has 0 unspecified atom stereocenters. The van der Waals surface area contributed by atoms with Crippen molar-refractivity contribution in [3.8, 4) is 17.3 Å². The normalized spacial score (nSPS) is 15.8. The highest BCUT2D eigenvalue weighted by Gasteiger charge is 2.32. The summed E-state index contributed by atoms with van der Waals surface area (Å²) in [4.78, 5) is 32.5. The van der Waals surface area contributed by atoms with Crippen LogP contribution in [0.25, 0.3) is 33.5 Å².